The van der Waals surface area contributed by atoms with Gasteiger partial charge in [-0.1, -0.05) is 42.0 Å². The number of aliphatic hydroxyl groups is 1. The number of hydrogen-bond donors (Lipinski definition) is 1. The van der Waals surface area contributed by atoms with Gasteiger partial charge in [-0.15, -0.1) is 0 Å². The van der Waals surface area contributed by atoms with Crippen molar-refractivity contribution >= 4 is 5.78 Å². The normalized spacial score (nSPS) is 12.0. The summed E-state index contributed by atoms with van der Waals surface area (Å²) < 4.78 is 5.14. The maximum absolute atomic E-state index is 12.2. The first kappa shape index (κ1) is 17.2. The third-order valence-corrected chi connectivity index (χ3v) is 3.98. The van der Waals surface area contributed by atoms with Crippen molar-refractivity contribution in [3.05, 3.63) is 65.2 Å². The lowest BCUT2D eigenvalue weighted by atomic mass is 9.93. The fourth-order valence-electron chi connectivity index (χ4n) is 2.62. The van der Waals surface area contributed by atoms with Crippen LogP contribution in [0.15, 0.2) is 48.5 Å². The Labute approximate surface area is 137 Å². The first-order valence-electron chi connectivity index (χ1n) is 7.91. The molecule has 3 nitrogen and oxygen atoms in total. The molecule has 1 N–H and O–H groups in total. The van der Waals surface area contributed by atoms with Gasteiger partial charge in [-0.05, 0) is 42.5 Å². The molecule has 0 radical (unpaired) electrons. The number of hydrogen-bond acceptors (Lipinski definition) is 3. The Morgan fingerprint density at radius 2 is 1.65 bits per heavy atom. The molecule has 0 saturated carbocycles. The van der Waals surface area contributed by atoms with E-state index in [0.717, 1.165) is 16.9 Å². The smallest absolute Gasteiger partial charge is 0.137 e. The number of aliphatic hydroxyl groups excluding tert-OH is 1. The highest BCUT2D eigenvalue weighted by atomic mass is 16.5. The third-order valence-electron chi connectivity index (χ3n) is 3.98. The van der Waals surface area contributed by atoms with Crippen LogP contribution in [0.4, 0.5) is 0 Å². The second kappa shape index (κ2) is 8.49. The van der Waals surface area contributed by atoms with Gasteiger partial charge in [-0.2, -0.15) is 0 Å². The van der Waals surface area contributed by atoms with Crippen molar-refractivity contribution in [1.82, 2.24) is 0 Å². The van der Waals surface area contributed by atoms with E-state index in [2.05, 4.69) is 0 Å². The number of ether oxygens (including phenoxy) is 1. The lowest BCUT2D eigenvalue weighted by Crippen LogP contribution is -2.16. The highest BCUT2D eigenvalue weighted by Gasteiger charge is 2.14. The van der Waals surface area contributed by atoms with Crippen molar-refractivity contribution in [2.45, 2.75) is 26.2 Å². The van der Waals surface area contributed by atoms with Gasteiger partial charge in [0.05, 0.1) is 7.11 Å². The van der Waals surface area contributed by atoms with E-state index in [9.17, 15) is 9.90 Å². The molecule has 2 aromatic rings. The molecule has 0 spiro atoms. The largest absolute Gasteiger partial charge is 0.497 e. The topological polar surface area (TPSA) is 46.5 Å². The van der Waals surface area contributed by atoms with Crippen LogP contribution < -0.4 is 4.74 Å². The second-order valence-corrected chi connectivity index (χ2v) is 6.01. The van der Waals surface area contributed by atoms with Gasteiger partial charge in [0.1, 0.15) is 11.5 Å². The number of ketones is 1. The first-order valence-corrected chi connectivity index (χ1v) is 7.91. The van der Waals surface area contributed by atoms with Crippen LogP contribution >= 0.6 is 0 Å². The summed E-state index contributed by atoms with van der Waals surface area (Å²) in [6.07, 6.45) is 1.52. The van der Waals surface area contributed by atoms with Crippen LogP contribution in [0.2, 0.25) is 0 Å². The Hall–Kier alpha value is -2.13. The van der Waals surface area contributed by atoms with E-state index in [1.165, 1.54) is 5.56 Å². The van der Waals surface area contributed by atoms with Crippen molar-refractivity contribution in [1.29, 1.82) is 0 Å². The van der Waals surface area contributed by atoms with Crippen molar-refractivity contribution in [3.8, 4) is 5.75 Å². The van der Waals surface area contributed by atoms with Gasteiger partial charge in [0.25, 0.3) is 0 Å². The number of benzene rings is 2. The molecule has 2 rings (SSSR count). The SMILES string of the molecule is COc1ccc(CC(CO)CC(=O)Cc2ccc(C)cc2)cc1. The van der Waals surface area contributed by atoms with Gasteiger partial charge in [-0.3, -0.25) is 4.79 Å². The van der Waals surface area contributed by atoms with E-state index in [1.54, 1.807) is 7.11 Å². The molecule has 0 aliphatic carbocycles. The molecule has 0 aromatic heterocycles. The van der Waals surface area contributed by atoms with E-state index < -0.39 is 0 Å². The summed E-state index contributed by atoms with van der Waals surface area (Å²) in [5, 5.41) is 9.56. The molecule has 1 unspecified atom stereocenters. The summed E-state index contributed by atoms with van der Waals surface area (Å²) in [6.45, 7) is 2.05. The Morgan fingerprint density at radius 1 is 1.04 bits per heavy atom. The summed E-state index contributed by atoms with van der Waals surface area (Å²) in [6, 6.07) is 15.8. The molecule has 1 atom stereocenters. The third kappa shape index (κ3) is 5.53. The van der Waals surface area contributed by atoms with Gasteiger partial charge in [0.2, 0.25) is 0 Å². The quantitative estimate of drug-likeness (QED) is 0.813. The highest BCUT2D eigenvalue weighted by Crippen LogP contribution is 2.17. The van der Waals surface area contributed by atoms with Crippen LogP contribution in [0, 0.1) is 12.8 Å². The van der Waals surface area contributed by atoms with Gasteiger partial charge in [0.15, 0.2) is 0 Å². The zero-order valence-electron chi connectivity index (χ0n) is 13.8. The molecule has 0 bridgehead atoms. The summed E-state index contributed by atoms with van der Waals surface area (Å²) in [4.78, 5) is 12.2. The van der Waals surface area contributed by atoms with Crippen LogP contribution in [0.25, 0.3) is 0 Å². The Balaban J connectivity index is 1.89. The van der Waals surface area contributed by atoms with Crippen LogP contribution in [0.5, 0.6) is 5.75 Å². The molecule has 0 aliphatic rings. The second-order valence-electron chi connectivity index (χ2n) is 6.01. The van der Waals surface area contributed by atoms with Crippen molar-refractivity contribution in [3.63, 3.8) is 0 Å². The monoisotopic (exact) mass is 312 g/mol. The minimum absolute atomic E-state index is 0.0195. The van der Waals surface area contributed by atoms with Crippen molar-refractivity contribution in [2.75, 3.05) is 13.7 Å². The fraction of sp³-hybridized carbons (Fsp3) is 0.350. The van der Waals surface area contributed by atoms with E-state index in [-0.39, 0.29) is 18.3 Å². The van der Waals surface area contributed by atoms with E-state index in [4.69, 9.17) is 4.74 Å². The standard InChI is InChI=1S/C20H24O3/c1-15-3-5-17(6-4-15)12-19(22)13-18(14-21)11-16-7-9-20(23-2)10-8-16/h3-10,18,21H,11-14H2,1-2H3. The van der Waals surface area contributed by atoms with Crippen molar-refractivity contribution in [2.24, 2.45) is 5.92 Å². The average Bonchev–Trinajstić information content (AvgIpc) is 2.57. The summed E-state index contributed by atoms with van der Waals surface area (Å²) in [5.41, 5.74) is 3.32. The number of carbonyl (C=O) groups excluding carboxylic acids is 1. The summed E-state index contributed by atoms with van der Waals surface area (Å²) in [5.74, 6) is 0.938. The number of Topliss-reactive ketones (excluding diaryl/α,β-unsaturated/α-hetero) is 1. The lowest BCUT2D eigenvalue weighted by Gasteiger charge is -2.14. The molecular formula is C20H24O3. The summed E-state index contributed by atoms with van der Waals surface area (Å²) in [7, 11) is 1.63. The lowest BCUT2D eigenvalue weighted by molar-refractivity contribution is -0.119. The predicted molar refractivity (Wildman–Crippen MR) is 91.8 cm³/mol. The molecule has 23 heavy (non-hydrogen) atoms. The van der Waals surface area contributed by atoms with E-state index >= 15 is 0 Å². The van der Waals surface area contributed by atoms with Gasteiger partial charge < -0.3 is 9.84 Å². The maximum atomic E-state index is 12.2. The molecule has 0 saturated heterocycles. The number of rotatable bonds is 8. The molecule has 0 fully saturated rings. The summed E-state index contributed by atoms with van der Waals surface area (Å²) >= 11 is 0. The Kier molecular flexibility index (Phi) is 6.36. The predicted octanol–water partition coefficient (Wildman–Crippen LogP) is 3.36. The molecule has 122 valence electrons. The number of aryl methyl sites for hydroxylation is 1. The Morgan fingerprint density at radius 3 is 2.22 bits per heavy atom. The number of carbonyl (C=O) groups is 1. The minimum Gasteiger partial charge on any atom is -0.497 e. The molecule has 0 heterocycles. The van der Waals surface area contributed by atoms with Crippen LogP contribution in [0.3, 0.4) is 0 Å². The van der Waals surface area contributed by atoms with Crippen LogP contribution in [0.1, 0.15) is 23.1 Å². The van der Waals surface area contributed by atoms with Gasteiger partial charge in [0, 0.05) is 19.4 Å². The Bertz CT molecular complexity index is 614. The molecule has 3 heteroatoms. The molecule has 0 aliphatic heterocycles. The number of methoxy groups -OCH3 is 1. The van der Waals surface area contributed by atoms with Crippen LogP contribution in [-0.4, -0.2) is 24.6 Å². The van der Waals surface area contributed by atoms with Gasteiger partial charge in [-0.25, -0.2) is 0 Å². The van der Waals surface area contributed by atoms with Gasteiger partial charge >= 0.3 is 0 Å². The zero-order valence-corrected chi connectivity index (χ0v) is 13.8. The van der Waals surface area contributed by atoms with Crippen molar-refractivity contribution < 1.29 is 14.6 Å². The average molecular weight is 312 g/mol. The van der Waals surface area contributed by atoms with E-state index in [0.29, 0.717) is 19.3 Å². The van der Waals surface area contributed by atoms with E-state index in [1.807, 2.05) is 55.5 Å². The molecular weight excluding hydrogens is 288 g/mol. The zero-order chi connectivity index (χ0) is 16.7. The van der Waals surface area contributed by atoms with Crippen LogP contribution in [-0.2, 0) is 17.6 Å². The maximum Gasteiger partial charge on any atom is 0.137 e. The molecule has 2 aromatic carbocycles. The fourth-order valence-corrected chi connectivity index (χ4v) is 2.62. The first-order chi connectivity index (χ1) is 11.1. The minimum atomic E-state index is -0.0404. The highest BCUT2D eigenvalue weighted by molar-refractivity contribution is 5.81. The molecule has 0 amide bonds.